The highest BCUT2D eigenvalue weighted by Gasteiger charge is 2.09. The van der Waals surface area contributed by atoms with E-state index in [1.165, 1.54) is 5.56 Å². The van der Waals surface area contributed by atoms with E-state index in [2.05, 4.69) is 70.7 Å². The molecule has 0 atom stereocenters. The van der Waals surface area contributed by atoms with Gasteiger partial charge in [-0.3, -0.25) is 0 Å². The number of hydrogen-bond donors (Lipinski definition) is 2. The SMILES string of the molecule is Cc1ccc(Sc2ccc(-c3ccc(O)cc3)cc2)c(Nc2ccnc3nc(C)ccc23)c1. The molecule has 0 bridgehead atoms. The van der Waals surface area contributed by atoms with Crippen molar-refractivity contribution in [2.75, 3.05) is 5.32 Å². The lowest BCUT2D eigenvalue weighted by Gasteiger charge is -2.14. The largest absolute Gasteiger partial charge is 0.508 e. The van der Waals surface area contributed by atoms with Crippen LogP contribution in [0.4, 0.5) is 11.4 Å². The maximum Gasteiger partial charge on any atom is 0.161 e. The van der Waals surface area contributed by atoms with Gasteiger partial charge < -0.3 is 10.4 Å². The number of nitrogens with one attached hydrogen (secondary N) is 1. The summed E-state index contributed by atoms with van der Waals surface area (Å²) >= 11 is 1.72. The summed E-state index contributed by atoms with van der Waals surface area (Å²) in [4.78, 5) is 11.3. The molecule has 0 fully saturated rings. The predicted octanol–water partition coefficient (Wildman–Crippen LogP) is 7.51. The highest BCUT2D eigenvalue weighted by atomic mass is 32.2. The van der Waals surface area contributed by atoms with Gasteiger partial charge >= 0.3 is 0 Å². The minimum absolute atomic E-state index is 0.276. The Morgan fingerprint density at radius 3 is 2.24 bits per heavy atom. The molecule has 0 aliphatic carbocycles. The Morgan fingerprint density at radius 1 is 0.758 bits per heavy atom. The summed E-state index contributed by atoms with van der Waals surface area (Å²) in [5, 5.41) is 14.1. The number of aromatic nitrogens is 2. The van der Waals surface area contributed by atoms with Crippen molar-refractivity contribution in [3.8, 4) is 16.9 Å². The van der Waals surface area contributed by atoms with Gasteiger partial charge in [0.2, 0.25) is 0 Å². The van der Waals surface area contributed by atoms with Crippen molar-refractivity contribution < 1.29 is 5.11 Å². The first kappa shape index (κ1) is 21.0. The summed E-state index contributed by atoms with van der Waals surface area (Å²) in [6.07, 6.45) is 1.79. The third-order valence-corrected chi connectivity index (χ3v) is 6.51. The van der Waals surface area contributed by atoms with Crippen LogP contribution in [-0.4, -0.2) is 15.1 Å². The van der Waals surface area contributed by atoms with E-state index in [1.54, 1.807) is 30.1 Å². The molecule has 33 heavy (non-hydrogen) atoms. The first-order valence-electron chi connectivity index (χ1n) is 10.7. The van der Waals surface area contributed by atoms with E-state index in [1.807, 2.05) is 31.2 Å². The zero-order chi connectivity index (χ0) is 22.8. The number of benzene rings is 3. The highest BCUT2D eigenvalue weighted by Crippen LogP contribution is 2.37. The van der Waals surface area contributed by atoms with Crippen LogP contribution < -0.4 is 5.32 Å². The molecule has 0 saturated carbocycles. The predicted molar refractivity (Wildman–Crippen MR) is 136 cm³/mol. The van der Waals surface area contributed by atoms with Gasteiger partial charge in [-0.15, -0.1) is 0 Å². The van der Waals surface area contributed by atoms with E-state index in [0.717, 1.165) is 49.0 Å². The molecule has 4 nitrogen and oxygen atoms in total. The zero-order valence-corrected chi connectivity index (χ0v) is 19.2. The molecule has 5 aromatic rings. The van der Waals surface area contributed by atoms with E-state index in [4.69, 9.17) is 0 Å². The van der Waals surface area contributed by atoms with E-state index in [0.29, 0.717) is 0 Å². The average molecular weight is 450 g/mol. The third-order valence-electron chi connectivity index (χ3n) is 5.43. The molecular weight excluding hydrogens is 426 g/mol. The van der Waals surface area contributed by atoms with Crippen LogP contribution in [0.2, 0.25) is 0 Å². The molecule has 162 valence electrons. The molecule has 2 heterocycles. The van der Waals surface area contributed by atoms with E-state index in [-0.39, 0.29) is 5.75 Å². The first-order chi connectivity index (χ1) is 16.0. The van der Waals surface area contributed by atoms with Crippen molar-refractivity contribution in [1.82, 2.24) is 9.97 Å². The maximum atomic E-state index is 9.52. The number of aryl methyl sites for hydroxylation is 2. The average Bonchev–Trinajstić information content (AvgIpc) is 2.82. The van der Waals surface area contributed by atoms with Gasteiger partial charge in [-0.25, -0.2) is 9.97 Å². The van der Waals surface area contributed by atoms with Crippen LogP contribution in [-0.2, 0) is 0 Å². The fourth-order valence-electron chi connectivity index (χ4n) is 3.70. The van der Waals surface area contributed by atoms with Gasteiger partial charge in [-0.05, 0) is 85.1 Å². The lowest BCUT2D eigenvalue weighted by atomic mass is 10.1. The number of anilines is 2. The van der Waals surface area contributed by atoms with E-state index < -0.39 is 0 Å². The molecule has 3 aromatic carbocycles. The minimum Gasteiger partial charge on any atom is -0.508 e. The van der Waals surface area contributed by atoms with Crippen LogP contribution in [0.3, 0.4) is 0 Å². The summed E-state index contributed by atoms with van der Waals surface area (Å²) in [5.74, 6) is 0.276. The van der Waals surface area contributed by atoms with Crippen molar-refractivity contribution in [2.45, 2.75) is 23.6 Å². The number of rotatable bonds is 5. The van der Waals surface area contributed by atoms with Gasteiger partial charge in [0.15, 0.2) is 5.65 Å². The Bertz CT molecular complexity index is 1430. The topological polar surface area (TPSA) is 58.0 Å². The van der Waals surface area contributed by atoms with Crippen molar-refractivity contribution in [3.05, 3.63) is 102 Å². The van der Waals surface area contributed by atoms with Gasteiger partial charge in [0.1, 0.15) is 5.75 Å². The fraction of sp³-hybridized carbons (Fsp3) is 0.0714. The molecule has 0 amide bonds. The van der Waals surface area contributed by atoms with E-state index >= 15 is 0 Å². The lowest BCUT2D eigenvalue weighted by Crippen LogP contribution is -1.96. The quantitative estimate of drug-likeness (QED) is 0.291. The third kappa shape index (κ3) is 4.69. The molecule has 5 heteroatoms. The van der Waals surface area contributed by atoms with Crippen LogP contribution in [0, 0.1) is 13.8 Å². The standard InChI is InChI=1S/C28H23N3OS/c1-18-3-14-27(33-23-11-7-21(8-12-23)20-5-9-22(32)10-6-20)26(17-18)31-25-15-16-29-28-24(25)13-4-19(2)30-28/h3-17,32H,1-2H3,(H,29,30,31). The number of pyridine rings is 2. The van der Waals surface area contributed by atoms with Gasteiger partial charge in [0.05, 0.1) is 11.4 Å². The fourth-order valence-corrected chi connectivity index (χ4v) is 4.59. The number of phenolic OH excluding ortho intramolecular Hbond substituents is 1. The minimum atomic E-state index is 0.276. The van der Waals surface area contributed by atoms with Crippen molar-refractivity contribution >= 4 is 34.2 Å². The molecule has 2 N–H and O–H groups in total. The summed E-state index contributed by atoms with van der Waals surface area (Å²) in [6.45, 7) is 4.07. The molecule has 0 saturated heterocycles. The van der Waals surface area contributed by atoms with Gasteiger partial charge in [0.25, 0.3) is 0 Å². The zero-order valence-electron chi connectivity index (χ0n) is 18.4. The van der Waals surface area contributed by atoms with Gasteiger partial charge in [-0.2, -0.15) is 0 Å². The molecule has 0 unspecified atom stereocenters. The number of nitrogens with zero attached hydrogens (tertiary/aromatic N) is 2. The lowest BCUT2D eigenvalue weighted by molar-refractivity contribution is 0.475. The Morgan fingerprint density at radius 2 is 1.48 bits per heavy atom. The number of phenols is 1. The number of aromatic hydroxyl groups is 1. The van der Waals surface area contributed by atoms with Crippen molar-refractivity contribution in [3.63, 3.8) is 0 Å². The Hall–Kier alpha value is -3.83. The van der Waals surface area contributed by atoms with Crippen LogP contribution in [0.1, 0.15) is 11.3 Å². The molecule has 0 radical (unpaired) electrons. The second kappa shape index (κ2) is 8.96. The van der Waals surface area contributed by atoms with Gasteiger partial charge in [-0.1, -0.05) is 42.1 Å². The Labute approximate surface area is 197 Å². The summed E-state index contributed by atoms with van der Waals surface area (Å²) < 4.78 is 0. The smallest absolute Gasteiger partial charge is 0.161 e. The van der Waals surface area contributed by atoms with Crippen LogP contribution in [0.25, 0.3) is 22.2 Å². The highest BCUT2D eigenvalue weighted by molar-refractivity contribution is 7.99. The van der Waals surface area contributed by atoms with Crippen molar-refractivity contribution in [1.29, 1.82) is 0 Å². The Balaban J connectivity index is 1.43. The molecule has 0 aliphatic heterocycles. The summed E-state index contributed by atoms with van der Waals surface area (Å²) in [5.41, 5.74) is 7.12. The summed E-state index contributed by atoms with van der Waals surface area (Å²) in [7, 11) is 0. The molecular formula is C28H23N3OS. The monoisotopic (exact) mass is 449 g/mol. The first-order valence-corrected chi connectivity index (χ1v) is 11.5. The van der Waals surface area contributed by atoms with E-state index in [9.17, 15) is 5.11 Å². The van der Waals surface area contributed by atoms with Crippen molar-refractivity contribution in [2.24, 2.45) is 0 Å². The van der Waals surface area contributed by atoms with Gasteiger partial charge in [0, 0.05) is 27.1 Å². The van der Waals surface area contributed by atoms with Crippen LogP contribution in [0.15, 0.2) is 101 Å². The van der Waals surface area contributed by atoms with Crippen LogP contribution >= 0.6 is 11.8 Å². The second-order valence-corrected chi connectivity index (χ2v) is 9.10. The number of hydrogen-bond acceptors (Lipinski definition) is 5. The molecule has 5 rings (SSSR count). The normalized spacial score (nSPS) is 11.0. The molecule has 0 spiro atoms. The maximum absolute atomic E-state index is 9.52. The molecule has 2 aromatic heterocycles. The number of fused-ring (bicyclic) bond motifs is 1. The molecule has 0 aliphatic rings. The van der Waals surface area contributed by atoms with Crippen LogP contribution in [0.5, 0.6) is 5.75 Å². The summed E-state index contributed by atoms with van der Waals surface area (Å²) in [6, 6.07) is 28.3. The Kier molecular flexibility index (Phi) is 5.71. The second-order valence-electron chi connectivity index (χ2n) is 7.98.